The van der Waals surface area contributed by atoms with Crippen LogP contribution < -0.4 is 5.32 Å². The van der Waals surface area contributed by atoms with Crippen LogP contribution in [0.15, 0.2) is 0 Å². The highest BCUT2D eigenvalue weighted by Gasteiger charge is 1.48. The SMILES string of the molecule is C#C[N]C#C. The van der Waals surface area contributed by atoms with E-state index in [0.717, 1.165) is 0 Å². The maximum atomic E-state index is 4.58. The Balaban J connectivity index is 2.86. The minimum atomic E-state index is 1.91. The Bertz CT molecular complexity index is 68.8. The summed E-state index contributed by atoms with van der Waals surface area (Å²) >= 11 is 0. The molecule has 0 bridgehead atoms. The molecule has 0 saturated heterocycles. The van der Waals surface area contributed by atoms with Crippen LogP contribution in [0.3, 0.4) is 0 Å². The van der Waals surface area contributed by atoms with Crippen LogP contribution in [0.5, 0.6) is 0 Å². The molecule has 0 atom stereocenters. The van der Waals surface area contributed by atoms with Gasteiger partial charge in [-0.3, -0.25) is 0 Å². The first-order chi connectivity index (χ1) is 2.41. The summed E-state index contributed by atoms with van der Waals surface area (Å²) in [5, 5.41) is 3.03. The third-order valence-electron chi connectivity index (χ3n) is 0.129. The van der Waals surface area contributed by atoms with E-state index in [-0.39, 0.29) is 0 Å². The zero-order valence-corrected chi connectivity index (χ0v) is 2.60. The summed E-state index contributed by atoms with van der Waals surface area (Å²) in [6.45, 7) is 0. The second-order valence-corrected chi connectivity index (χ2v) is 0.370. The van der Waals surface area contributed by atoms with Crippen molar-refractivity contribution in [1.82, 2.24) is 5.32 Å². The highest BCUT2D eigenvalue weighted by molar-refractivity contribution is 4.93. The highest BCUT2D eigenvalue weighted by atomic mass is 14.8. The van der Waals surface area contributed by atoms with Crippen molar-refractivity contribution in [2.24, 2.45) is 0 Å². The largest absolute Gasteiger partial charge is 0.147 e. The van der Waals surface area contributed by atoms with Crippen LogP contribution in [0.25, 0.3) is 0 Å². The fourth-order valence-corrected chi connectivity index (χ4v) is 0.0373. The lowest BCUT2D eigenvalue weighted by Crippen LogP contribution is -1.76. The molecule has 0 amide bonds. The van der Waals surface area contributed by atoms with Gasteiger partial charge in [-0.25, -0.2) is 0 Å². The molecule has 23 valence electrons. The predicted octanol–water partition coefficient (Wildman–Crippen LogP) is -0.228. The summed E-state index contributed by atoms with van der Waals surface area (Å²) in [5.41, 5.74) is 0. The minimum Gasteiger partial charge on any atom is -0.147 e. The highest BCUT2D eigenvalue weighted by Crippen LogP contribution is 1.35. The van der Waals surface area contributed by atoms with E-state index in [1.54, 1.807) is 0 Å². The molecular formula is C4H2N. The monoisotopic (exact) mass is 64.0 g/mol. The first-order valence-electron chi connectivity index (χ1n) is 1.02. The van der Waals surface area contributed by atoms with Crippen LogP contribution in [-0.2, 0) is 0 Å². The van der Waals surface area contributed by atoms with Crippen molar-refractivity contribution in [3.8, 4) is 24.9 Å². The molecule has 0 aliphatic rings. The van der Waals surface area contributed by atoms with Crippen molar-refractivity contribution in [1.29, 1.82) is 0 Å². The van der Waals surface area contributed by atoms with Gasteiger partial charge in [-0.2, -0.15) is 0 Å². The number of terminal acetylenes is 2. The van der Waals surface area contributed by atoms with Crippen LogP contribution in [0.2, 0.25) is 0 Å². The van der Waals surface area contributed by atoms with E-state index < -0.39 is 0 Å². The average molecular weight is 64.1 g/mol. The lowest BCUT2D eigenvalue weighted by Gasteiger charge is -1.58. The van der Waals surface area contributed by atoms with E-state index >= 15 is 0 Å². The average Bonchev–Trinajstić information content (AvgIpc) is 1.41. The first-order valence-corrected chi connectivity index (χ1v) is 1.02. The molecule has 0 heterocycles. The smallest absolute Gasteiger partial charge is 0.0413 e. The molecule has 0 saturated carbocycles. The molecular weight excluding hydrogens is 62.1 g/mol. The third-order valence-corrected chi connectivity index (χ3v) is 0.129. The fraction of sp³-hybridized carbons (Fsp3) is 0. The summed E-state index contributed by atoms with van der Waals surface area (Å²) in [4.78, 5) is 0. The van der Waals surface area contributed by atoms with Gasteiger partial charge in [0.05, 0.1) is 0 Å². The number of nitrogens with zero attached hydrogens (tertiary/aromatic N) is 1. The maximum Gasteiger partial charge on any atom is 0.0413 e. The summed E-state index contributed by atoms with van der Waals surface area (Å²) in [6, 6.07) is 3.81. The topological polar surface area (TPSA) is 14.1 Å². The van der Waals surface area contributed by atoms with E-state index in [4.69, 9.17) is 0 Å². The lowest BCUT2D eigenvalue weighted by atomic mass is 11.0. The Hall–Kier alpha value is -1.08. The van der Waals surface area contributed by atoms with Gasteiger partial charge in [-0.15, -0.1) is 5.32 Å². The van der Waals surface area contributed by atoms with Crippen molar-refractivity contribution < 1.29 is 0 Å². The van der Waals surface area contributed by atoms with Gasteiger partial charge in [0.25, 0.3) is 0 Å². The van der Waals surface area contributed by atoms with Crippen LogP contribution >= 0.6 is 0 Å². The zero-order valence-electron chi connectivity index (χ0n) is 2.60. The van der Waals surface area contributed by atoms with E-state index in [0.29, 0.717) is 0 Å². The quantitative estimate of drug-likeness (QED) is 0.345. The van der Waals surface area contributed by atoms with Crippen molar-refractivity contribution >= 4 is 0 Å². The molecule has 1 heteroatoms. The molecule has 0 unspecified atom stereocenters. The van der Waals surface area contributed by atoms with Gasteiger partial charge in [0.2, 0.25) is 0 Å². The van der Waals surface area contributed by atoms with Gasteiger partial charge >= 0.3 is 0 Å². The molecule has 0 fully saturated rings. The van der Waals surface area contributed by atoms with Crippen LogP contribution in [0.1, 0.15) is 0 Å². The normalized spacial score (nSPS) is 3.60. The summed E-state index contributed by atoms with van der Waals surface area (Å²) in [6.07, 6.45) is 9.16. The molecule has 0 rings (SSSR count). The maximum absolute atomic E-state index is 4.58. The van der Waals surface area contributed by atoms with Crippen LogP contribution in [-0.4, -0.2) is 0 Å². The first kappa shape index (κ1) is 3.92. The summed E-state index contributed by atoms with van der Waals surface area (Å²) < 4.78 is 0. The molecule has 1 nitrogen and oxygen atoms in total. The lowest BCUT2D eigenvalue weighted by molar-refractivity contribution is 1.32. The Morgan fingerprint density at radius 3 is 1.60 bits per heavy atom. The van der Waals surface area contributed by atoms with Crippen LogP contribution in [0, 0.1) is 24.9 Å². The zero-order chi connectivity index (χ0) is 4.12. The Labute approximate surface area is 31.4 Å². The standard InChI is InChI=1S/C4H2N/c1-3-5-4-2/h1-2H. The predicted molar refractivity (Wildman–Crippen MR) is 19.8 cm³/mol. The Morgan fingerprint density at radius 1 is 1.20 bits per heavy atom. The molecule has 0 aromatic heterocycles. The number of hydrogen-bond acceptors (Lipinski definition) is 0. The molecule has 5 heavy (non-hydrogen) atoms. The molecule has 0 N–H and O–H groups in total. The molecule has 0 spiro atoms. The van der Waals surface area contributed by atoms with E-state index in [1.165, 1.54) is 0 Å². The van der Waals surface area contributed by atoms with Gasteiger partial charge in [0, 0.05) is 12.1 Å². The van der Waals surface area contributed by atoms with Crippen LogP contribution in [0.4, 0.5) is 0 Å². The van der Waals surface area contributed by atoms with Gasteiger partial charge < -0.3 is 0 Å². The van der Waals surface area contributed by atoms with Crippen molar-refractivity contribution in [2.45, 2.75) is 0 Å². The Morgan fingerprint density at radius 2 is 1.60 bits per heavy atom. The van der Waals surface area contributed by atoms with Gasteiger partial charge in [-0.1, -0.05) is 12.8 Å². The minimum absolute atomic E-state index is 1.91. The second kappa shape index (κ2) is 2.92. The van der Waals surface area contributed by atoms with Gasteiger partial charge in [-0.05, 0) is 0 Å². The number of rotatable bonds is 0. The summed E-state index contributed by atoms with van der Waals surface area (Å²) in [7, 11) is 0. The third kappa shape index (κ3) is 2.92. The molecule has 0 aliphatic carbocycles. The van der Waals surface area contributed by atoms with Gasteiger partial charge in [0.15, 0.2) is 0 Å². The second-order valence-electron chi connectivity index (χ2n) is 0.370. The van der Waals surface area contributed by atoms with Gasteiger partial charge in [0.1, 0.15) is 0 Å². The van der Waals surface area contributed by atoms with E-state index in [1.807, 2.05) is 12.1 Å². The number of hydrogen-bond donors (Lipinski definition) is 0. The molecule has 0 aliphatic heterocycles. The van der Waals surface area contributed by atoms with Crippen molar-refractivity contribution in [3.05, 3.63) is 0 Å². The molecule has 0 aromatic carbocycles. The van der Waals surface area contributed by atoms with Crippen molar-refractivity contribution in [2.75, 3.05) is 0 Å². The molecule has 1 radical (unpaired) electrons. The molecule has 0 aromatic rings. The van der Waals surface area contributed by atoms with E-state index in [9.17, 15) is 0 Å². The van der Waals surface area contributed by atoms with Crippen molar-refractivity contribution in [3.63, 3.8) is 0 Å². The summed E-state index contributed by atoms with van der Waals surface area (Å²) in [5.74, 6) is 0. The fourth-order valence-electron chi connectivity index (χ4n) is 0.0373. The van der Waals surface area contributed by atoms with E-state index in [2.05, 4.69) is 18.2 Å². The Kier molecular flexibility index (Phi) is 2.29.